The van der Waals surface area contributed by atoms with Crippen LogP contribution in [0, 0.1) is 0 Å². The molecule has 0 spiro atoms. The molecule has 0 saturated carbocycles. The predicted molar refractivity (Wildman–Crippen MR) is 32.6 cm³/mol. The summed E-state index contributed by atoms with van der Waals surface area (Å²) in [5, 5.41) is 0. The van der Waals surface area contributed by atoms with E-state index in [9.17, 15) is 0 Å². The number of hydrogen-bond acceptors (Lipinski definition) is 2. The third-order valence-electron chi connectivity index (χ3n) is 0.638. The third-order valence-corrected chi connectivity index (χ3v) is 0.638. The highest BCUT2D eigenvalue weighted by Crippen LogP contribution is 1.76. The van der Waals surface area contributed by atoms with Gasteiger partial charge in [0, 0.05) is 7.11 Å². The Morgan fingerprint density at radius 2 is 2.12 bits per heavy atom. The Morgan fingerprint density at radius 3 is 2.62 bits per heavy atom. The molecule has 0 rings (SSSR count). The van der Waals surface area contributed by atoms with E-state index in [2.05, 4.69) is 0 Å². The molecule has 2 nitrogen and oxygen atoms in total. The SMILES string of the molecule is C/C=C\OCCOC. The van der Waals surface area contributed by atoms with E-state index in [0.29, 0.717) is 13.2 Å². The minimum atomic E-state index is 0.640. The van der Waals surface area contributed by atoms with Crippen LogP contribution >= 0.6 is 0 Å². The maximum atomic E-state index is 4.92. The van der Waals surface area contributed by atoms with E-state index in [4.69, 9.17) is 9.47 Å². The van der Waals surface area contributed by atoms with Crippen LogP contribution in [0.4, 0.5) is 0 Å². The minimum Gasteiger partial charge on any atom is -0.499 e. The van der Waals surface area contributed by atoms with Gasteiger partial charge in [-0.2, -0.15) is 0 Å². The van der Waals surface area contributed by atoms with Crippen LogP contribution in [-0.4, -0.2) is 20.3 Å². The molecule has 0 aliphatic rings. The normalized spacial score (nSPS) is 10.2. The molecule has 0 aromatic rings. The minimum absolute atomic E-state index is 0.640. The molecule has 0 aromatic heterocycles. The lowest BCUT2D eigenvalue weighted by molar-refractivity contribution is 0.123. The zero-order chi connectivity index (χ0) is 6.24. The molecule has 0 heterocycles. The van der Waals surface area contributed by atoms with Crippen molar-refractivity contribution in [2.24, 2.45) is 0 Å². The van der Waals surface area contributed by atoms with Crippen LogP contribution in [0.1, 0.15) is 6.92 Å². The largest absolute Gasteiger partial charge is 0.499 e. The first kappa shape index (κ1) is 7.50. The van der Waals surface area contributed by atoms with Gasteiger partial charge < -0.3 is 9.47 Å². The molecule has 0 aliphatic carbocycles. The Bertz CT molecular complexity index is 59.5. The van der Waals surface area contributed by atoms with Gasteiger partial charge in [0.15, 0.2) is 0 Å². The quantitative estimate of drug-likeness (QED) is 0.405. The molecule has 0 bridgehead atoms. The molecule has 0 aliphatic heterocycles. The molecule has 0 unspecified atom stereocenters. The Balaban J connectivity index is 2.72. The van der Waals surface area contributed by atoms with Crippen LogP contribution in [0.5, 0.6) is 0 Å². The van der Waals surface area contributed by atoms with Crippen LogP contribution in [0.2, 0.25) is 0 Å². The highest BCUT2D eigenvalue weighted by atomic mass is 16.5. The zero-order valence-electron chi connectivity index (χ0n) is 5.39. The number of methoxy groups -OCH3 is 1. The summed E-state index contributed by atoms with van der Waals surface area (Å²) in [6.45, 7) is 3.21. The van der Waals surface area contributed by atoms with Crippen LogP contribution < -0.4 is 0 Å². The average molecular weight is 116 g/mol. The molecular formula is C6H12O2. The van der Waals surface area contributed by atoms with Crippen molar-refractivity contribution >= 4 is 0 Å². The standard InChI is InChI=1S/C6H12O2/c1-3-4-8-6-5-7-2/h3-4H,5-6H2,1-2H3/b4-3-. The summed E-state index contributed by atoms with van der Waals surface area (Å²) in [5.74, 6) is 0. The fourth-order valence-corrected chi connectivity index (χ4v) is 0.296. The van der Waals surface area contributed by atoms with Crippen molar-refractivity contribution in [1.82, 2.24) is 0 Å². The molecule has 0 N–H and O–H groups in total. The van der Waals surface area contributed by atoms with Crippen molar-refractivity contribution in [3.05, 3.63) is 12.3 Å². The van der Waals surface area contributed by atoms with E-state index in [1.54, 1.807) is 13.4 Å². The number of allylic oxidation sites excluding steroid dienone is 1. The first-order valence-corrected chi connectivity index (χ1v) is 2.63. The van der Waals surface area contributed by atoms with Crippen LogP contribution in [0.15, 0.2) is 12.3 Å². The summed E-state index contributed by atoms with van der Waals surface area (Å²) in [7, 11) is 1.65. The fourth-order valence-electron chi connectivity index (χ4n) is 0.296. The predicted octanol–water partition coefficient (Wildman–Crippen LogP) is 1.18. The number of rotatable bonds is 4. The van der Waals surface area contributed by atoms with Crippen LogP contribution in [0.25, 0.3) is 0 Å². The molecule has 2 heteroatoms. The maximum absolute atomic E-state index is 4.92. The first-order valence-electron chi connectivity index (χ1n) is 2.63. The highest BCUT2D eigenvalue weighted by molar-refractivity contribution is 4.64. The zero-order valence-corrected chi connectivity index (χ0v) is 5.39. The summed E-state index contributed by atoms with van der Waals surface area (Å²) in [6, 6.07) is 0. The third kappa shape index (κ3) is 5.50. The van der Waals surface area contributed by atoms with Gasteiger partial charge in [0.1, 0.15) is 6.61 Å². The lowest BCUT2D eigenvalue weighted by Gasteiger charge is -1.96. The second-order valence-electron chi connectivity index (χ2n) is 1.33. The van der Waals surface area contributed by atoms with E-state index in [0.717, 1.165) is 0 Å². The van der Waals surface area contributed by atoms with Crippen molar-refractivity contribution < 1.29 is 9.47 Å². The Morgan fingerprint density at radius 1 is 1.38 bits per heavy atom. The number of ether oxygens (including phenoxy) is 2. The number of hydrogen-bond donors (Lipinski definition) is 0. The van der Waals surface area contributed by atoms with E-state index < -0.39 is 0 Å². The Hall–Kier alpha value is -0.500. The molecule has 0 aromatic carbocycles. The maximum Gasteiger partial charge on any atom is 0.111 e. The second-order valence-corrected chi connectivity index (χ2v) is 1.33. The molecule has 0 amide bonds. The van der Waals surface area contributed by atoms with Gasteiger partial charge in [-0.25, -0.2) is 0 Å². The van der Waals surface area contributed by atoms with Crippen molar-refractivity contribution in [2.45, 2.75) is 6.92 Å². The topological polar surface area (TPSA) is 18.5 Å². The summed E-state index contributed by atoms with van der Waals surface area (Å²) in [4.78, 5) is 0. The van der Waals surface area contributed by atoms with E-state index in [1.807, 2.05) is 13.0 Å². The van der Waals surface area contributed by atoms with Gasteiger partial charge in [0.2, 0.25) is 0 Å². The summed E-state index contributed by atoms with van der Waals surface area (Å²) < 4.78 is 9.65. The van der Waals surface area contributed by atoms with Gasteiger partial charge in [-0.3, -0.25) is 0 Å². The molecule has 8 heavy (non-hydrogen) atoms. The summed E-state index contributed by atoms with van der Waals surface area (Å²) in [6.07, 6.45) is 3.49. The van der Waals surface area contributed by atoms with Crippen LogP contribution in [0.3, 0.4) is 0 Å². The first-order chi connectivity index (χ1) is 3.91. The monoisotopic (exact) mass is 116 g/mol. The molecule has 0 saturated heterocycles. The van der Waals surface area contributed by atoms with Gasteiger partial charge in [-0.05, 0) is 6.92 Å². The van der Waals surface area contributed by atoms with Gasteiger partial charge in [0.05, 0.1) is 12.9 Å². The van der Waals surface area contributed by atoms with E-state index in [1.165, 1.54) is 0 Å². The van der Waals surface area contributed by atoms with Gasteiger partial charge in [-0.1, -0.05) is 6.08 Å². The van der Waals surface area contributed by atoms with Gasteiger partial charge >= 0.3 is 0 Å². The smallest absolute Gasteiger partial charge is 0.111 e. The molecule has 48 valence electrons. The van der Waals surface area contributed by atoms with Crippen molar-refractivity contribution in [2.75, 3.05) is 20.3 Å². The summed E-state index contributed by atoms with van der Waals surface area (Å²) in [5.41, 5.74) is 0. The molecule has 0 fully saturated rings. The van der Waals surface area contributed by atoms with E-state index in [-0.39, 0.29) is 0 Å². The average Bonchev–Trinajstić information content (AvgIpc) is 1.81. The Labute approximate surface area is 50.1 Å². The van der Waals surface area contributed by atoms with Crippen molar-refractivity contribution in [1.29, 1.82) is 0 Å². The molecular weight excluding hydrogens is 104 g/mol. The highest BCUT2D eigenvalue weighted by Gasteiger charge is 1.76. The second kappa shape index (κ2) is 6.50. The fraction of sp³-hybridized carbons (Fsp3) is 0.667. The molecule has 0 atom stereocenters. The molecule has 0 radical (unpaired) electrons. The van der Waals surface area contributed by atoms with Crippen LogP contribution in [-0.2, 0) is 9.47 Å². The lowest BCUT2D eigenvalue weighted by atomic mass is 10.7. The Kier molecular flexibility index (Phi) is 6.09. The van der Waals surface area contributed by atoms with E-state index >= 15 is 0 Å². The van der Waals surface area contributed by atoms with Gasteiger partial charge in [-0.15, -0.1) is 0 Å². The lowest BCUT2D eigenvalue weighted by Crippen LogP contribution is -1.96. The van der Waals surface area contributed by atoms with Gasteiger partial charge in [0.25, 0.3) is 0 Å². The summed E-state index contributed by atoms with van der Waals surface area (Å²) >= 11 is 0. The van der Waals surface area contributed by atoms with Crippen molar-refractivity contribution in [3.8, 4) is 0 Å². The van der Waals surface area contributed by atoms with Crippen molar-refractivity contribution in [3.63, 3.8) is 0 Å².